The molecule has 0 aliphatic carbocycles. The van der Waals surface area contributed by atoms with Crippen molar-refractivity contribution < 1.29 is 0 Å². The van der Waals surface area contributed by atoms with Crippen LogP contribution < -0.4 is 0 Å². The molecule has 0 aromatic carbocycles. The standard InChI is InChI=1S/C10H7ClN2S2/c11-8-4-3-6-10(13-8)15-14-9-5-1-2-7-12-9/h1-7H. The molecule has 2 nitrogen and oxygen atoms in total. The third kappa shape index (κ3) is 3.41. The largest absolute Gasteiger partial charge is 0.249 e. The average molecular weight is 255 g/mol. The Balaban J connectivity index is 1.99. The van der Waals surface area contributed by atoms with Crippen molar-refractivity contribution >= 4 is 33.2 Å². The highest BCUT2D eigenvalue weighted by Gasteiger charge is 1.99. The predicted molar refractivity (Wildman–Crippen MR) is 65.2 cm³/mol. The van der Waals surface area contributed by atoms with E-state index in [2.05, 4.69) is 9.97 Å². The van der Waals surface area contributed by atoms with E-state index in [4.69, 9.17) is 11.6 Å². The molecule has 0 saturated carbocycles. The van der Waals surface area contributed by atoms with E-state index in [0.29, 0.717) is 5.15 Å². The molecule has 0 amide bonds. The Morgan fingerprint density at radius 1 is 0.933 bits per heavy atom. The monoisotopic (exact) mass is 254 g/mol. The van der Waals surface area contributed by atoms with Crippen molar-refractivity contribution in [2.45, 2.75) is 10.1 Å². The molecule has 0 unspecified atom stereocenters. The average Bonchev–Trinajstić information content (AvgIpc) is 2.28. The van der Waals surface area contributed by atoms with Crippen molar-refractivity contribution in [3.8, 4) is 0 Å². The summed E-state index contributed by atoms with van der Waals surface area (Å²) >= 11 is 5.78. The molecule has 0 N–H and O–H groups in total. The topological polar surface area (TPSA) is 25.8 Å². The second-order valence-corrected chi connectivity index (χ2v) is 5.19. The minimum Gasteiger partial charge on any atom is -0.249 e. The minimum atomic E-state index is 0.515. The number of aromatic nitrogens is 2. The lowest BCUT2D eigenvalue weighted by molar-refractivity contribution is 1.13. The quantitative estimate of drug-likeness (QED) is 0.612. The second kappa shape index (κ2) is 5.39. The van der Waals surface area contributed by atoms with E-state index in [1.807, 2.05) is 30.3 Å². The van der Waals surface area contributed by atoms with E-state index >= 15 is 0 Å². The molecule has 0 fully saturated rings. The first kappa shape index (κ1) is 10.8. The summed E-state index contributed by atoms with van der Waals surface area (Å²) in [6.45, 7) is 0. The molecule has 0 bridgehead atoms. The fourth-order valence-corrected chi connectivity index (χ4v) is 2.90. The van der Waals surface area contributed by atoms with Crippen LogP contribution in [0.25, 0.3) is 0 Å². The molecular weight excluding hydrogens is 248 g/mol. The number of halogens is 1. The lowest BCUT2D eigenvalue weighted by Crippen LogP contribution is -1.78. The Bertz CT molecular complexity index is 436. The first-order valence-electron chi connectivity index (χ1n) is 4.23. The molecule has 76 valence electrons. The summed E-state index contributed by atoms with van der Waals surface area (Å²) in [5.41, 5.74) is 0. The minimum absolute atomic E-state index is 0.515. The maximum Gasteiger partial charge on any atom is 0.130 e. The van der Waals surface area contributed by atoms with Gasteiger partial charge in [0, 0.05) is 6.20 Å². The van der Waals surface area contributed by atoms with Gasteiger partial charge >= 0.3 is 0 Å². The van der Waals surface area contributed by atoms with Crippen molar-refractivity contribution in [1.29, 1.82) is 0 Å². The lowest BCUT2D eigenvalue weighted by Gasteiger charge is -1.99. The summed E-state index contributed by atoms with van der Waals surface area (Å²) in [6.07, 6.45) is 1.77. The number of nitrogens with zero attached hydrogens (tertiary/aromatic N) is 2. The molecule has 0 radical (unpaired) electrons. The molecule has 15 heavy (non-hydrogen) atoms. The molecule has 2 heterocycles. The van der Waals surface area contributed by atoms with Crippen LogP contribution in [0.5, 0.6) is 0 Å². The summed E-state index contributed by atoms with van der Waals surface area (Å²) in [6, 6.07) is 11.4. The highest BCUT2D eigenvalue weighted by Crippen LogP contribution is 2.35. The Morgan fingerprint density at radius 3 is 2.47 bits per heavy atom. The van der Waals surface area contributed by atoms with Gasteiger partial charge in [-0.05, 0) is 45.9 Å². The first-order valence-corrected chi connectivity index (χ1v) is 6.75. The van der Waals surface area contributed by atoms with Crippen LogP contribution in [0.4, 0.5) is 0 Å². The van der Waals surface area contributed by atoms with Gasteiger partial charge in [-0.25, -0.2) is 9.97 Å². The van der Waals surface area contributed by atoms with E-state index in [-0.39, 0.29) is 0 Å². The van der Waals surface area contributed by atoms with Gasteiger partial charge in [-0.2, -0.15) is 0 Å². The summed E-state index contributed by atoms with van der Waals surface area (Å²) < 4.78 is 0. The summed E-state index contributed by atoms with van der Waals surface area (Å²) in [4.78, 5) is 8.37. The van der Waals surface area contributed by atoms with E-state index in [0.717, 1.165) is 10.1 Å². The lowest BCUT2D eigenvalue weighted by atomic mass is 10.5. The van der Waals surface area contributed by atoms with Crippen molar-refractivity contribution in [3.63, 3.8) is 0 Å². The maximum absolute atomic E-state index is 5.78. The number of hydrogen-bond donors (Lipinski definition) is 0. The zero-order chi connectivity index (χ0) is 10.5. The number of pyridine rings is 2. The molecule has 5 heteroatoms. The van der Waals surface area contributed by atoms with Gasteiger partial charge in [-0.1, -0.05) is 23.7 Å². The van der Waals surface area contributed by atoms with Crippen LogP contribution >= 0.6 is 33.2 Å². The number of hydrogen-bond acceptors (Lipinski definition) is 4. The molecule has 0 spiro atoms. The van der Waals surface area contributed by atoms with E-state index < -0.39 is 0 Å². The molecule has 2 aromatic rings. The van der Waals surface area contributed by atoms with Gasteiger partial charge in [-0.3, -0.25) is 0 Å². The van der Waals surface area contributed by atoms with Crippen LogP contribution in [0.15, 0.2) is 52.6 Å². The molecule has 2 aromatic heterocycles. The third-order valence-electron chi connectivity index (χ3n) is 1.54. The van der Waals surface area contributed by atoms with Gasteiger partial charge in [0.15, 0.2) is 0 Å². The van der Waals surface area contributed by atoms with Gasteiger partial charge < -0.3 is 0 Å². The fraction of sp³-hybridized carbons (Fsp3) is 0. The smallest absolute Gasteiger partial charge is 0.130 e. The van der Waals surface area contributed by atoms with Crippen LogP contribution in [0.2, 0.25) is 5.15 Å². The number of rotatable bonds is 3. The SMILES string of the molecule is Clc1cccc(SSc2ccccn2)n1. The zero-order valence-electron chi connectivity index (χ0n) is 7.63. The summed E-state index contributed by atoms with van der Waals surface area (Å²) in [5.74, 6) is 0. The molecule has 0 aliphatic rings. The van der Waals surface area contributed by atoms with Crippen LogP contribution in [0.3, 0.4) is 0 Å². The zero-order valence-corrected chi connectivity index (χ0v) is 10.0. The predicted octanol–water partition coefficient (Wildman–Crippen LogP) is 3.93. The normalized spacial score (nSPS) is 10.2. The fourth-order valence-electron chi connectivity index (χ4n) is 0.918. The van der Waals surface area contributed by atoms with Gasteiger partial charge in [0.25, 0.3) is 0 Å². The second-order valence-electron chi connectivity index (χ2n) is 2.63. The Hall–Kier alpha value is -0.710. The molecule has 0 aliphatic heterocycles. The third-order valence-corrected chi connectivity index (χ3v) is 3.92. The van der Waals surface area contributed by atoms with Crippen molar-refractivity contribution in [2.24, 2.45) is 0 Å². The van der Waals surface area contributed by atoms with Crippen LogP contribution in [0, 0.1) is 0 Å². The Labute approximate surface area is 101 Å². The van der Waals surface area contributed by atoms with Crippen LogP contribution in [-0.4, -0.2) is 9.97 Å². The summed E-state index contributed by atoms with van der Waals surface area (Å²) in [7, 11) is 3.11. The Morgan fingerprint density at radius 2 is 1.73 bits per heavy atom. The van der Waals surface area contributed by atoms with Crippen LogP contribution in [-0.2, 0) is 0 Å². The van der Waals surface area contributed by atoms with E-state index in [9.17, 15) is 0 Å². The van der Waals surface area contributed by atoms with Gasteiger partial charge in [0.2, 0.25) is 0 Å². The van der Waals surface area contributed by atoms with Crippen molar-refractivity contribution in [1.82, 2.24) is 9.97 Å². The molecule has 0 atom stereocenters. The van der Waals surface area contributed by atoms with Gasteiger partial charge in [0.1, 0.15) is 15.2 Å². The molecular formula is C10H7ClN2S2. The highest BCUT2D eigenvalue weighted by molar-refractivity contribution is 8.76. The van der Waals surface area contributed by atoms with Gasteiger partial charge in [-0.15, -0.1) is 0 Å². The highest BCUT2D eigenvalue weighted by atomic mass is 35.5. The summed E-state index contributed by atoms with van der Waals surface area (Å²) in [5, 5.41) is 2.36. The van der Waals surface area contributed by atoms with Crippen LogP contribution in [0.1, 0.15) is 0 Å². The van der Waals surface area contributed by atoms with E-state index in [1.54, 1.807) is 33.9 Å². The molecule has 0 saturated heterocycles. The Kier molecular flexibility index (Phi) is 3.88. The van der Waals surface area contributed by atoms with E-state index in [1.165, 1.54) is 0 Å². The van der Waals surface area contributed by atoms with Gasteiger partial charge in [0.05, 0.1) is 0 Å². The first-order chi connectivity index (χ1) is 7.34. The van der Waals surface area contributed by atoms with Crippen molar-refractivity contribution in [3.05, 3.63) is 47.7 Å². The maximum atomic E-state index is 5.78. The van der Waals surface area contributed by atoms with Crippen molar-refractivity contribution in [2.75, 3.05) is 0 Å². The molecule has 2 rings (SSSR count).